The molecule has 1 amide bonds. The Kier molecular flexibility index (Phi) is 4.97. The number of aryl methyl sites for hydroxylation is 1. The minimum Gasteiger partial charge on any atom is -0.497 e. The maximum atomic E-state index is 11.9. The molecule has 0 atom stereocenters. The topological polar surface area (TPSA) is 99.2 Å². The number of fused-ring (bicyclic) bond motifs is 1. The van der Waals surface area contributed by atoms with Crippen molar-refractivity contribution in [1.82, 2.24) is 19.7 Å². The van der Waals surface area contributed by atoms with Gasteiger partial charge in [0.1, 0.15) is 5.75 Å². The molecule has 8 nitrogen and oxygen atoms in total. The summed E-state index contributed by atoms with van der Waals surface area (Å²) < 4.78 is 7.17. The van der Waals surface area contributed by atoms with E-state index in [4.69, 9.17) is 15.5 Å². The van der Waals surface area contributed by atoms with E-state index in [1.165, 1.54) is 12.8 Å². The van der Waals surface area contributed by atoms with E-state index in [1.54, 1.807) is 30.3 Å². The summed E-state index contributed by atoms with van der Waals surface area (Å²) in [6.07, 6.45) is 7.85. The summed E-state index contributed by atoms with van der Waals surface area (Å²) in [6, 6.07) is 11.4. The third kappa shape index (κ3) is 3.99. The van der Waals surface area contributed by atoms with Gasteiger partial charge in [-0.05, 0) is 49.1 Å². The van der Waals surface area contributed by atoms with Crippen LogP contribution in [0.25, 0.3) is 22.3 Å². The van der Waals surface area contributed by atoms with Crippen LogP contribution in [-0.2, 0) is 7.05 Å². The van der Waals surface area contributed by atoms with Gasteiger partial charge >= 0.3 is 0 Å². The molecule has 8 heteroatoms. The summed E-state index contributed by atoms with van der Waals surface area (Å²) in [5.41, 5.74) is 11.1. The number of anilines is 2. The van der Waals surface area contributed by atoms with Crippen LogP contribution in [0.5, 0.6) is 5.75 Å². The Bertz CT molecular complexity index is 1310. The van der Waals surface area contributed by atoms with E-state index in [0.29, 0.717) is 17.2 Å². The average molecular weight is 428 g/mol. The Morgan fingerprint density at radius 3 is 2.69 bits per heavy atom. The van der Waals surface area contributed by atoms with E-state index >= 15 is 0 Å². The van der Waals surface area contributed by atoms with Crippen molar-refractivity contribution in [2.75, 3.05) is 18.6 Å². The Balaban J connectivity index is 1.59. The van der Waals surface area contributed by atoms with Gasteiger partial charge in [0, 0.05) is 48.4 Å². The molecule has 0 bridgehead atoms. The fourth-order valence-electron chi connectivity index (χ4n) is 3.78. The molecular formula is C24H24N6O2. The number of benzene rings is 2. The van der Waals surface area contributed by atoms with Gasteiger partial charge in [-0.3, -0.25) is 14.5 Å². The zero-order chi connectivity index (χ0) is 22.2. The van der Waals surface area contributed by atoms with Gasteiger partial charge in [-0.1, -0.05) is 0 Å². The summed E-state index contributed by atoms with van der Waals surface area (Å²) in [5, 5.41) is 4.23. The van der Waals surface area contributed by atoms with E-state index in [9.17, 15) is 4.79 Å². The van der Waals surface area contributed by atoms with Crippen molar-refractivity contribution in [3.8, 4) is 17.0 Å². The number of amides is 1. The van der Waals surface area contributed by atoms with Crippen LogP contribution in [0.3, 0.4) is 0 Å². The Labute approximate surface area is 185 Å². The number of ether oxygens (including phenoxy) is 1. The molecule has 0 spiro atoms. The van der Waals surface area contributed by atoms with Crippen molar-refractivity contribution in [3.63, 3.8) is 0 Å². The molecule has 0 saturated heterocycles. The van der Waals surface area contributed by atoms with Gasteiger partial charge < -0.3 is 15.4 Å². The van der Waals surface area contributed by atoms with Crippen LogP contribution >= 0.6 is 0 Å². The number of nitrogens with two attached hydrogens (primary N) is 1. The number of aromatic nitrogens is 4. The van der Waals surface area contributed by atoms with E-state index in [-0.39, 0.29) is 0 Å². The fourth-order valence-corrected chi connectivity index (χ4v) is 3.78. The third-order valence-corrected chi connectivity index (χ3v) is 5.70. The molecule has 162 valence electrons. The normalized spacial score (nSPS) is 13.3. The molecule has 0 aliphatic heterocycles. The molecule has 2 N–H and O–H groups in total. The van der Waals surface area contributed by atoms with E-state index in [1.807, 2.05) is 43.6 Å². The number of rotatable bonds is 7. The van der Waals surface area contributed by atoms with Gasteiger partial charge in [0.2, 0.25) is 5.91 Å². The fraction of sp³-hybridized carbons (Fsp3) is 0.250. The van der Waals surface area contributed by atoms with Crippen LogP contribution in [0.2, 0.25) is 0 Å². The highest BCUT2D eigenvalue weighted by Gasteiger charge is 2.26. The molecule has 1 saturated carbocycles. The highest BCUT2D eigenvalue weighted by Crippen LogP contribution is 2.37. The van der Waals surface area contributed by atoms with Crippen molar-refractivity contribution >= 4 is 28.3 Å². The predicted octanol–water partition coefficient (Wildman–Crippen LogP) is 3.69. The molecule has 4 aromatic rings. The van der Waals surface area contributed by atoms with Gasteiger partial charge in [-0.2, -0.15) is 5.10 Å². The highest BCUT2D eigenvalue weighted by atomic mass is 16.5. The van der Waals surface area contributed by atoms with Gasteiger partial charge in [-0.25, -0.2) is 4.98 Å². The molecule has 32 heavy (non-hydrogen) atoms. The number of primary amides is 1. The number of hydrogen-bond acceptors (Lipinski definition) is 6. The molecule has 1 aliphatic rings. The first kappa shape index (κ1) is 20.0. The smallest absolute Gasteiger partial charge is 0.248 e. The maximum absolute atomic E-state index is 11.9. The first-order valence-electron chi connectivity index (χ1n) is 10.5. The summed E-state index contributed by atoms with van der Waals surface area (Å²) >= 11 is 0. The minimum absolute atomic E-state index is 0.416. The Morgan fingerprint density at radius 1 is 1.16 bits per heavy atom. The summed E-state index contributed by atoms with van der Waals surface area (Å²) in [5.74, 6) is 0.722. The molecule has 0 unspecified atom stereocenters. The zero-order valence-corrected chi connectivity index (χ0v) is 18.0. The van der Waals surface area contributed by atoms with Crippen LogP contribution in [0.4, 0.5) is 11.4 Å². The van der Waals surface area contributed by atoms with Gasteiger partial charge in [0.05, 0.1) is 36.2 Å². The Morgan fingerprint density at radius 2 is 2.00 bits per heavy atom. The van der Waals surface area contributed by atoms with Crippen LogP contribution in [-0.4, -0.2) is 39.3 Å². The van der Waals surface area contributed by atoms with E-state index < -0.39 is 5.91 Å². The van der Waals surface area contributed by atoms with E-state index in [2.05, 4.69) is 15.0 Å². The second-order valence-corrected chi connectivity index (χ2v) is 8.17. The summed E-state index contributed by atoms with van der Waals surface area (Å²) in [4.78, 5) is 23.5. The largest absolute Gasteiger partial charge is 0.497 e. The van der Waals surface area contributed by atoms with Gasteiger partial charge in [0.15, 0.2) is 0 Å². The van der Waals surface area contributed by atoms with Crippen molar-refractivity contribution in [2.24, 2.45) is 18.7 Å². The molecule has 2 aromatic carbocycles. The van der Waals surface area contributed by atoms with Crippen LogP contribution in [0.15, 0.2) is 55.0 Å². The number of methoxy groups -OCH3 is 1. The first-order chi connectivity index (χ1) is 15.5. The monoisotopic (exact) mass is 428 g/mol. The quantitative estimate of drug-likeness (QED) is 0.482. The standard InChI is InChI=1S/C24H24N6O2/c1-29-14-17(11-27-29)23-12-26-21-6-5-18(10-22(21)28-23)30(13-15-3-4-15)19-7-16(24(25)31)8-20(9-19)32-2/h5-12,14-15H,3-4,13H2,1-2H3,(H2,25,31). The average Bonchev–Trinajstić information content (AvgIpc) is 3.53. The summed E-state index contributed by atoms with van der Waals surface area (Å²) in [7, 11) is 3.46. The lowest BCUT2D eigenvalue weighted by molar-refractivity contribution is 0.1000. The number of nitrogens with zero attached hydrogens (tertiary/aromatic N) is 5. The van der Waals surface area contributed by atoms with Crippen molar-refractivity contribution in [2.45, 2.75) is 12.8 Å². The number of carbonyl (C=O) groups is 1. The Hall–Kier alpha value is -3.94. The second kappa shape index (κ2) is 7.96. The molecule has 5 rings (SSSR count). The van der Waals surface area contributed by atoms with Gasteiger partial charge in [0.25, 0.3) is 0 Å². The lowest BCUT2D eigenvalue weighted by atomic mass is 10.1. The first-order valence-corrected chi connectivity index (χ1v) is 10.5. The van der Waals surface area contributed by atoms with Crippen molar-refractivity contribution in [3.05, 3.63) is 60.6 Å². The van der Waals surface area contributed by atoms with Crippen molar-refractivity contribution in [1.29, 1.82) is 0 Å². The highest BCUT2D eigenvalue weighted by molar-refractivity contribution is 5.95. The van der Waals surface area contributed by atoms with Crippen molar-refractivity contribution < 1.29 is 9.53 Å². The van der Waals surface area contributed by atoms with Crippen LogP contribution in [0.1, 0.15) is 23.2 Å². The lowest BCUT2D eigenvalue weighted by Crippen LogP contribution is -2.21. The predicted molar refractivity (Wildman–Crippen MR) is 123 cm³/mol. The van der Waals surface area contributed by atoms with E-state index in [0.717, 1.165) is 40.2 Å². The maximum Gasteiger partial charge on any atom is 0.248 e. The van der Waals surface area contributed by atoms with Crippen LogP contribution < -0.4 is 15.4 Å². The number of carbonyl (C=O) groups excluding carboxylic acids is 1. The molecule has 2 heterocycles. The second-order valence-electron chi connectivity index (χ2n) is 8.17. The van der Waals surface area contributed by atoms with Gasteiger partial charge in [-0.15, -0.1) is 0 Å². The van der Waals surface area contributed by atoms with Crippen LogP contribution in [0, 0.1) is 5.92 Å². The third-order valence-electron chi connectivity index (χ3n) is 5.70. The molecule has 1 aliphatic carbocycles. The SMILES string of the molecule is COc1cc(C(N)=O)cc(N(CC2CC2)c2ccc3ncc(-c4cnn(C)c4)nc3c2)c1. The number of hydrogen-bond donors (Lipinski definition) is 1. The lowest BCUT2D eigenvalue weighted by Gasteiger charge is -2.26. The molecular weight excluding hydrogens is 404 g/mol. The molecule has 2 aromatic heterocycles. The minimum atomic E-state index is -0.484. The summed E-state index contributed by atoms with van der Waals surface area (Å²) in [6.45, 7) is 0.840. The molecule has 1 fully saturated rings. The zero-order valence-electron chi connectivity index (χ0n) is 18.0. The molecule has 0 radical (unpaired) electrons.